The van der Waals surface area contributed by atoms with Gasteiger partial charge >= 0.3 is 17.9 Å². The summed E-state index contributed by atoms with van der Waals surface area (Å²) in [5.74, 6) is -0.976. The second kappa shape index (κ2) is 53.2. The lowest BCUT2D eigenvalue weighted by molar-refractivity contribution is -0.167. The maximum Gasteiger partial charge on any atom is 0.306 e. The predicted molar refractivity (Wildman–Crippen MR) is 279 cm³/mol. The minimum absolute atomic E-state index is 0.102. The summed E-state index contributed by atoms with van der Waals surface area (Å²) in [7, 11) is 0. The van der Waals surface area contributed by atoms with Crippen molar-refractivity contribution in [3.8, 4) is 0 Å². The molecule has 0 bridgehead atoms. The Hall–Kier alpha value is -3.41. The average molecular weight is 905 g/mol. The molecule has 6 heteroatoms. The first kappa shape index (κ1) is 61.6. The lowest BCUT2D eigenvalue weighted by atomic mass is 10.1. The number of hydrogen-bond donors (Lipinski definition) is 0. The van der Waals surface area contributed by atoms with E-state index >= 15 is 0 Å². The number of unbranched alkanes of at least 4 members (excludes halogenated alkanes) is 23. The summed E-state index contributed by atoms with van der Waals surface area (Å²) in [5, 5.41) is 0. The van der Waals surface area contributed by atoms with Gasteiger partial charge in [-0.25, -0.2) is 0 Å². The minimum atomic E-state index is -0.808. The molecule has 0 aromatic rings. The first-order valence-corrected chi connectivity index (χ1v) is 27.1. The minimum Gasteiger partial charge on any atom is -0.462 e. The molecular formula is C59H100O6. The highest BCUT2D eigenvalue weighted by molar-refractivity contribution is 5.71. The highest BCUT2D eigenvalue weighted by Crippen LogP contribution is 2.14. The van der Waals surface area contributed by atoms with Crippen molar-refractivity contribution in [1.29, 1.82) is 0 Å². The third-order valence-electron chi connectivity index (χ3n) is 11.4. The smallest absolute Gasteiger partial charge is 0.306 e. The van der Waals surface area contributed by atoms with Gasteiger partial charge in [-0.3, -0.25) is 14.4 Å². The van der Waals surface area contributed by atoms with Gasteiger partial charge in [0.1, 0.15) is 13.2 Å². The van der Waals surface area contributed by atoms with Crippen molar-refractivity contribution in [2.24, 2.45) is 0 Å². The molecule has 0 saturated carbocycles. The van der Waals surface area contributed by atoms with E-state index < -0.39 is 6.10 Å². The zero-order valence-corrected chi connectivity index (χ0v) is 42.5. The van der Waals surface area contributed by atoms with Gasteiger partial charge in [-0.15, -0.1) is 0 Å². The Morgan fingerprint density at radius 1 is 0.323 bits per heavy atom. The Kier molecular flexibility index (Phi) is 50.4. The van der Waals surface area contributed by atoms with Crippen molar-refractivity contribution in [2.45, 2.75) is 258 Å². The quantitative estimate of drug-likeness (QED) is 0.0262. The summed E-state index contributed by atoms with van der Waals surface area (Å²) >= 11 is 0. The molecule has 0 unspecified atom stereocenters. The molecule has 6 nitrogen and oxygen atoms in total. The van der Waals surface area contributed by atoms with E-state index in [9.17, 15) is 14.4 Å². The van der Waals surface area contributed by atoms with Crippen LogP contribution in [0, 0.1) is 0 Å². The van der Waals surface area contributed by atoms with Crippen LogP contribution in [0.1, 0.15) is 252 Å². The molecule has 0 aliphatic heterocycles. The fourth-order valence-electron chi connectivity index (χ4n) is 7.29. The lowest BCUT2D eigenvalue weighted by Gasteiger charge is -2.18. The Morgan fingerprint density at radius 2 is 0.615 bits per heavy atom. The predicted octanol–water partition coefficient (Wildman–Crippen LogP) is 18.0. The maximum atomic E-state index is 12.8. The van der Waals surface area contributed by atoms with Crippen molar-refractivity contribution in [3.63, 3.8) is 0 Å². The fourth-order valence-corrected chi connectivity index (χ4v) is 7.29. The van der Waals surface area contributed by atoms with Crippen molar-refractivity contribution < 1.29 is 28.6 Å². The molecule has 0 saturated heterocycles. The van der Waals surface area contributed by atoms with Gasteiger partial charge in [-0.05, 0) is 109 Å². The third kappa shape index (κ3) is 51.4. The van der Waals surface area contributed by atoms with Crippen molar-refractivity contribution in [3.05, 3.63) is 85.1 Å². The van der Waals surface area contributed by atoms with Gasteiger partial charge in [0.25, 0.3) is 0 Å². The highest BCUT2D eigenvalue weighted by atomic mass is 16.6. The number of carbonyl (C=O) groups excluding carboxylic acids is 3. The van der Waals surface area contributed by atoms with Crippen LogP contribution in [-0.2, 0) is 28.6 Å². The van der Waals surface area contributed by atoms with Crippen LogP contribution in [-0.4, -0.2) is 37.2 Å². The van der Waals surface area contributed by atoms with Gasteiger partial charge in [-0.2, -0.15) is 0 Å². The van der Waals surface area contributed by atoms with Crippen LogP contribution in [0.3, 0.4) is 0 Å². The Labute approximate surface area is 401 Å². The molecular weight excluding hydrogens is 805 g/mol. The van der Waals surface area contributed by atoms with Crippen LogP contribution in [0.5, 0.6) is 0 Å². The van der Waals surface area contributed by atoms with E-state index in [4.69, 9.17) is 14.2 Å². The molecule has 0 aromatic heterocycles. The molecule has 0 rings (SSSR count). The van der Waals surface area contributed by atoms with Crippen molar-refractivity contribution in [2.75, 3.05) is 13.2 Å². The van der Waals surface area contributed by atoms with Gasteiger partial charge < -0.3 is 14.2 Å². The standard InChI is InChI=1S/C59H100O6/c1-4-7-10-13-16-19-22-25-28-29-32-34-37-40-43-46-49-52-58(61)64-55-56(65-59(62)53-50-47-44-41-38-35-31-27-24-21-18-15-12-9-6-3)54-63-57(60)51-48-45-42-39-36-33-30-26-23-20-17-14-11-8-5-2/h9,12,18,20-21,23,25,27-28,31-32,34,40,43,56H,4-8,10-11,13-17,19,22,24,26,29-30,33,35-39,41-42,44-55H2,1-3H3/b12-9-,21-18-,23-20-,28-25-,31-27-,34-32-,43-40-/t56-/m0/s1. The molecule has 0 aromatic carbocycles. The SMILES string of the molecule is CC/C=C\C/C=C\C/C=C\CCCCCCCC(=O)O[C@H](COC(=O)CCC/C=C\C/C=C\C/C=C\CCCCCCCC)COC(=O)CCCCCCCCC/C=C\CCCCCC. The van der Waals surface area contributed by atoms with Gasteiger partial charge in [0.05, 0.1) is 0 Å². The number of carbonyl (C=O) groups is 3. The van der Waals surface area contributed by atoms with E-state index in [2.05, 4.69) is 106 Å². The topological polar surface area (TPSA) is 78.9 Å². The van der Waals surface area contributed by atoms with E-state index in [-0.39, 0.29) is 37.5 Å². The van der Waals surface area contributed by atoms with Gasteiger partial charge in [0.15, 0.2) is 6.10 Å². The zero-order chi connectivity index (χ0) is 47.2. The average Bonchev–Trinajstić information content (AvgIpc) is 3.30. The largest absolute Gasteiger partial charge is 0.462 e. The first-order chi connectivity index (χ1) is 32.0. The number of esters is 3. The summed E-state index contributed by atoms with van der Waals surface area (Å²) in [6.45, 7) is 6.45. The van der Waals surface area contributed by atoms with E-state index in [0.717, 1.165) is 96.3 Å². The first-order valence-electron chi connectivity index (χ1n) is 27.1. The van der Waals surface area contributed by atoms with Crippen LogP contribution in [0.2, 0.25) is 0 Å². The molecule has 0 aliphatic rings. The van der Waals surface area contributed by atoms with E-state index in [1.165, 1.54) is 109 Å². The number of rotatable bonds is 48. The van der Waals surface area contributed by atoms with E-state index in [1.807, 2.05) is 0 Å². The molecule has 0 radical (unpaired) electrons. The normalized spacial score (nSPS) is 12.7. The summed E-state index contributed by atoms with van der Waals surface area (Å²) in [6.07, 6.45) is 68.6. The number of allylic oxidation sites excluding steroid dienone is 14. The second-order valence-corrected chi connectivity index (χ2v) is 17.7. The number of ether oxygens (including phenoxy) is 3. The molecule has 65 heavy (non-hydrogen) atoms. The fraction of sp³-hybridized carbons (Fsp3) is 0.712. The summed E-state index contributed by atoms with van der Waals surface area (Å²) in [4.78, 5) is 38.0. The molecule has 0 fully saturated rings. The molecule has 0 heterocycles. The van der Waals surface area contributed by atoms with Gasteiger partial charge in [0, 0.05) is 19.3 Å². The van der Waals surface area contributed by atoms with Crippen molar-refractivity contribution >= 4 is 17.9 Å². The zero-order valence-electron chi connectivity index (χ0n) is 42.5. The number of hydrogen-bond acceptors (Lipinski definition) is 6. The molecule has 0 aliphatic carbocycles. The molecule has 1 atom stereocenters. The Balaban J connectivity index is 4.49. The maximum absolute atomic E-state index is 12.8. The van der Waals surface area contributed by atoms with Crippen molar-refractivity contribution in [1.82, 2.24) is 0 Å². The lowest BCUT2D eigenvalue weighted by Crippen LogP contribution is -2.30. The van der Waals surface area contributed by atoms with E-state index in [1.54, 1.807) is 0 Å². The second-order valence-electron chi connectivity index (χ2n) is 17.7. The Morgan fingerprint density at radius 3 is 1.03 bits per heavy atom. The molecule has 372 valence electrons. The van der Waals surface area contributed by atoms with Crippen LogP contribution >= 0.6 is 0 Å². The van der Waals surface area contributed by atoms with Gasteiger partial charge in [-0.1, -0.05) is 209 Å². The summed E-state index contributed by atoms with van der Waals surface area (Å²) < 4.78 is 16.8. The molecule has 0 amide bonds. The Bertz CT molecular complexity index is 1270. The molecule has 0 spiro atoms. The van der Waals surface area contributed by atoms with Crippen LogP contribution in [0.15, 0.2) is 85.1 Å². The summed E-state index contributed by atoms with van der Waals surface area (Å²) in [6, 6.07) is 0. The molecule has 0 N–H and O–H groups in total. The van der Waals surface area contributed by atoms with Crippen LogP contribution in [0.4, 0.5) is 0 Å². The van der Waals surface area contributed by atoms with E-state index in [0.29, 0.717) is 19.3 Å². The van der Waals surface area contributed by atoms with Crippen LogP contribution in [0.25, 0.3) is 0 Å². The van der Waals surface area contributed by atoms with Gasteiger partial charge in [0.2, 0.25) is 0 Å². The highest BCUT2D eigenvalue weighted by Gasteiger charge is 2.19. The monoisotopic (exact) mass is 905 g/mol. The third-order valence-corrected chi connectivity index (χ3v) is 11.4. The van der Waals surface area contributed by atoms with Crippen LogP contribution < -0.4 is 0 Å². The summed E-state index contributed by atoms with van der Waals surface area (Å²) in [5.41, 5.74) is 0.